The average Bonchev–Trinajstić information content (AvgIpc) is 2.70. The van der Waals surface area contributed by atoms with Crippen LogP contribution in [0.3, 0.4) is 0 Å². The van der Waals surface area contributed by atoms with Crippen molar-refractivity contribution < 1.29 is 14.6 Å². The van der Waals surface area contributed by atoms with Gasteiger partial charge in [0.2, 0.25) is 0 Å². The molecule has 0 unspecified atom stereocenters. The molecule has 3 heteroatoms. The van der Waals surface area contributed by atoms with Gasteiger partial charge in [0.05, 0.1) is 19.8 Å². The second kappa shape index (κ2) is 20.6. The first-order valence-corrected chi connectivity index (χ1v) is 12.0. The van der Waals surface area contributed by atoms with Gasteiger partial charge in [-0.05, 0) is 19.3 Å². The molecule has 0 aromatic heterocycles. The van der Waals surface area contributed by atoms with Gasteiger partial charge < -0.3 is 14.6 Å². The topological polar surface area (TPSA) is 38.7 Å². The molecule has 0 saturated heterocycles. The highest BCUT2D eigenvalue weighted by molar-refractivity contribution is 4.76. The van der Waals surface area contributed by atoms with E-state index < -0.39 is 0 Å². The minimum atomic E-state index is -0.220. The summed E-state index contributed by atoms with van der Waals surface area (Å²) in [5, 5.41) is 9.86. The minimum absolute atomic E-state index is 0.150. The Balaban J connectivity index is 3.67. The lowest BCUT2D eigenvalue weighted by Crippen LogP contribution is -2.36. The van der Waals surface area contributed by atoms with Crippen molar-refractivity contribution in [3.63, 3.8) is 0 Å². The van der Waals surface area contributed by atoms with Gasteiger partial charge in [-0.15, -0.1) is 0 Å². The SMILES string of the molecule is CCCCCCCCCOCC(CC)(CO)COCCCCCCCCC. The summed E-state index contributed by atoms with van der Waals surface area (Å²) in [6.07, 6.45) is 19.1. The van der Waals surface area contributed by atoms with Crippen molar-refractivity contribution in [1.29, 1.82) is 0 Å². The minimum Gasteiger partial charge on any atom is -0.396 e. The summed E-state index contributed by atoms with van der Waals surface area (Å²) in [6, 6.07) is 0. The van der Waals surface area contributed by atoms with E-state index in [0.717, 1.165) is 32.5 Å². The van der Waals surface area contributed by atoms with Crippen molar-refractivity contribution in [2.75, 3.05) is 33.0 Å². The average molecular weight is 387 g/mol. The predicted molar refractivity (Wildman–Crippen MR) is 117 cm³/mol. The zero-order valence-corrected chi connectivity index (χ0v) is 18.9. The van der Waals surface area contributed by atoms with Gasteiger partial charge in [-0.3, -0.25) is 0 Å². The molecule has 164 valence electrons. The van der Waals surface area contributed by atoms with Crippen LogP contribution >= 0.6 is 0 Å². The van der Waals surface area contributed by atoms with Crippen LogP contribution in [0, 0.1) is 5.41 Å². The fourth-order valence-electron chi connectivity index (χ4n) is 3.35. The number of aliphatic hydroxyl groups is 1. The molecule has 27 heavy (non-hydrogen) atoms. The van der Waals surface area contributed by atoms with E-state index >= 15 is 0 Å². The second-order valence-electron chi connectivity index (χ2n) is 8.36. The van der Waals surface area contributed by atoms with Crippen LogP contribution in [0.25, 0.3) is 0 Å². The maximum atomic E-state index is 9.86. The molecule has 0 amide bonds. The van der Waals surface area contributed by atoms with Crippen LogP contribution in [-0.4, -0.2) is 38.1 Å². The molecule has 0 heterocycles. The van der Waals surface area contributed by atoms with Crippen molar-refractivity contribution in [2.45, 2.75) is 117 Å². The lowest BCUT2D eigenvalue weighted by atomic mass is 9.88. The molecule has 0 spiro atoms. The number of ether oxygens (including phenoxy) is 2. The maximum absolute atomic E-state index is 9.86. The van der Waals surface area contributed by atoms with Crippen molar-refractivity contribution >= 4 is 0 Å². The van der Waals surface area contributed by atoms with E-state index in [1.165, 1.54) is 77.0 Å². The molecular formula is C24H50O3. The summed E-state index contributed by atoms with van der Waals surface area (Å²) in [4.78, 5) is 0. The Hall–Kier alpha value is -0.120. The van der Waals surface area contributed by atoms with Crippen LogP contribution in [-0.2, 0) is 9.47 Å². The molecule has 0 radical (unpaired) electrons. The predicted octanol–water partition coefficient (Wildman–Crippen LogP) is 6.91. The van der Waals surface area contributed by atoms with Crippen LogP contribution < -0.4 is 0 Å². The Morgan fingerprint density at radius 1 is 0.556 bits per heavy atom. The fraction of sp³-hybridized carbons (Fsp3) is 1.00. The molecule has 0 aliphatic heterocycles. The van der Waals surface area contributed by atoms with Crippen molar-refractivity contribution in [3.05, 3.63) is 0 Å². The quantitative estimate of drug-likeness (QED) is 0.205. The largest absolute Gasteiger partial charge is 0.396 e. The van der Waals surface area contributed by atoms with Gasteiger partial charge >= 0.3 is 0 Å². The fourth-order valence-corrected chi connectivity index (χ4v) is 3.35. The first-order chi connectivity index (χ1) is 13.2. The Kier molecular flexibility index (Phi) is 20.5. The molecular weight excluding hydrogens is 336 g/mol. The van der Waals surface area contributed by atoms with Gasteiger partial charge in [-0.2, -0.15) is 0 Å². The van der Waals surface area contributed by atoms with Crippen LogP contribution in [0.15, 0.2) is 0 Å². The molecule has 0 bridgehead atoms. The highest BCUT2D eigenvalue weighted by Gasteiger charge is 2.28. The van der Waals surface area contributed by atoms with Crippen LogP contribution in [0.5, 0.6) is 0 Å². The first kappa shape index (κ1) is 26.9. The molecule has 3 nitrogen and oxygen atoms in total. The summed E-state index contributed by atoms with van der Waals surface area (Å²) in [5.74, 6) is 0. The molecule has 0 aliphatic carbocycles. The zero-order chi connectivity index (χ0) is 20.1. The highest BCUT2D eigenvalue weighted by atomic mass is 16.5. The number of hydrogen-bond acceptors (Lipinski definition) is 3. The molecule has 0 saturated carbocycles. The van der Waals surface area contributed by atoms with Crippen LogP contribution in [0.4, 0.5) is 0 Å². The van der Waals surface area contributed by atoms with Gasteiger partial charge in [0.25, 0.3) is 0 Å². The molecule has 0 aliphatic rings. The summed E-state index contributed by atoms with van der Waals surface area (Å²) in [6.45, 7) is 9.66. The van der Waals surface area contributed by atoms with Gasteiger partial charge in [-0.25, -0.2) is 0 Å². The number of rotatable bonds is 22. The van der Waals surface area contributed by atoms with Crippen molar-refractivity contribution in [1.82, 2.24) is 0 Å². The van der Waals surface area contributed by atoms with E-state index in [-0.39, 0.29) is 12.0 Å². The molecule has 0 aromatic rings. The van der Waals surface area contributed by atoms with Gasteiger partial charge in [0.1, 0.15) is 0 Å². The smallest absolute Gasteiger partial charge is 0.0566 e. The Labute approximate surface area is 170 Å². The van der Waals surface area contributed by atoms with E-state index in [1.54, 1.807) is 0 Å². The first-order valence-electron chi connectivity index (χ1n) is 12.0. The van der Waals surface area contributed by atoms with E-state index in [4.69, 9.17) is 9.47 Å². The van der Waals surface area contributed by atoms with Crippen molar-refractivity contribution in [3.8, 4) is 0 Å². The number of hydrogen-bond donors (Lipinski definition) is 1. The Bertz CT molecular complexity index is 253. The van der Waals surface area contributed by atoms with E-state index in [0.29, 0.717) is 13.2 Å². The standard InChI is InChI=1S/C24H50O3/c1-4-7-9-11-13-15-17-19-26-22-24(6-3,21-25)23-27-20-18-16-14-12-10-8-5-2/h25H,4-23H2,1-3H3. The Morgan fingerprint density at radius 3 is 1.26 bits per heavy atom. The summed E-state index contributed by atoms with van der Waals surface area (Å²) < 4.78 is 11.8. The van der Waals surface area contributed by atoms with E-state index in [2.05, 4.69) is 20.8 Å². The third-order valence-corrected chi connectivity index (χ3v) is 5.69. The monoisotopic (exact) mass is 386 g/mol. The molecule has 1 N–H and O–H groups in total. The van der Waals surface area contributed by atoms with Gasteiger partial charge in [0.15, 0.2) is 0 Å². The summed E-state index contributed by atoms with van der Waals surface area (Å²) in [7, 11) is 0. The number of aliphatic hydroxyl groups excluding tert-OH is 1. The van der Waals surface area contributed by atoms with Crippen LogP contribution in [0.1, 0.15) is 117 Å². The van der Waals surface area contributed by atoms with Gasteiger partial charge in [-0.1, -0.05) is 97.8 Å². The van der Waals surface area contributed by atoms with Gasteiger partial charge in [0, 0.05) is 18.6 Å². The molecule has 0 aromatic carbocycles. The van der Waals surface area contributed by atoms with Crippen LogP contribution in [0.2, 0.25) is 0 Å². The lowest BCUT2D eigenvalue weighted by molar-refractivity contribution is -0.0541. The second-order valence-corrected chi connectivity index (χ2v) is 8.36. The zero-order valence-electron chi connectivity index (χ0n) is 18.9. The Morgan fingerprint density at radius 2 is 0.926 bits per heavy atom. The molecule has 0 rings (SSSR count). The third kappa shape index (κ3) is 16.5. The summed E-state index contributed by atoms with van der Waals surface area (Å²) in [5.41, 5.74) is -0.220. The van der Waals surface area contributed by atoms with E-state index in [9.17, 15) is 5.11 Å². The lowest BCUT2D eigenvalue weighted by Gasteiger charge is -2.30. The third-order valence-electron chi connectivity index (χ3n) is 5.69. The highest BCUT2D eigenvalue weighted by Crippen LogP contribution is 2.23. The number of unbranched alkanes of at least 4 members (excludes halogenated alkanes) is 12. The normalized spacial score (nSPS) is 12.0. The summed E-state index contributed by atoms with van der Waals surface area (Å²) >= 11 is 0. The molecule has 0 fully saturated rings. The van der Waals surface area contributed by atoms with E-state index in [1.807, 2.05) is 0 Å². The maximum Gasteiger partial charge on any atom is 0.0566 e. The van der Waals surface area contributed by atoms with Crippen molar-refractivity contribution in [2.24, 2.45) is 5.41 Å². The molecule has 0 atom stereocenters.